The Bertz CT molecular complexity index is 918. The summed E-state index contributed by atoms with van der Waals surface area (Å²) in [4.78, 5) is 14.4. The first-order valence-electron chi connectivity index (χ1n) is 8.38. The third-order valence-corrected chi connectivity index (χ3v) is 5.46. The first-order chi connectivity index (χ1) is 12.4. The van der Waals surface area contributed by atoms with Gasteiger partial charge < -0.3 is 15.1 Å². The van der Waals surface area contributed by atoms with Crippen molar-refractivity contribution in [1.29, 1.82) is 0 Å². The Morgan fingerprint density at radius 1 is 1.12 bits per heavy atom. The number of hydrogen-bond donors (Lipinski definition) is 2. The molecular formula is C20H17Cl2NO3. The van der Waals surface area contributed by atoms with Gasteiger partial charge in [0, 0.05) is 23.1 Å². The molecule has 2 aromatic carbocycles. The van der Waals surface area contributed by atoms with Crippen molar-refractivity contribution in [2.75, 3.05) is 13.1 Å². The second-order valence-electron chi connectivity index (χ2n) is 6.72. The summed E-state index contributed by atoms with van der Waals surface area (Å²) >= 11 is 12.0. The van der Waals surface area contributed by atoms with Crippen molar-refractivity contribution < 1.29 is 15.0 Å². The van der Waals surface area contributed by atoms with Gasteiger partial charge in [-0.1, -0.05) is 29.3 Å². The number of aliphatic hydroxyl groups is 1. The number of nitrogens with zero attached hydrogens (tertiary/aromatic N) is 1. The van der Waals surface area contributed by atoms with E-state index in [2.05, 4.69) is 0 Å². The van der Waals surface area contributed by atoms with E-state index in [0.29, 0.717) is 23.7 Å². The molecule has 0 fully saturated rings. The number of halogens is 2. The lowest BCUT2D eigenvalue weighted by molar-refractivity contribution is -0.140. The van der Waals surface area contributed by atoms with Crippen LogP contribution < -0.4 is 0 Å². The van der Waals surface area contributed by atoms with Crippen LogP contribution in [0.4, 0.5) is 0 Å². The van der Waals surface area contributed by atoms with E-state index in [1.165, 1.54) is 40.5 Å². The molecule has 4 rings (SSSR count). The monoisotopic (exact) mass is 389 g/mol. The van der Waals surface area contributed by atoms with E-state index in [4.69, 9.17) is 23.2 Å². The molecule has 2 aromatic rings. The maximum absolute atomic E-state index is 12.7. The minimum atomic E-state index is -1.35. The molecule has 0 radical (unpaired) electrons. The van der Waals surface area contributed by atoms with E-state index in [9.17, 15) is 15.0 Å². The number of aromatic hydroxyl groups is 1. The van der Waals surface area contributed by atoms with E-state index < -0.39 is 6.10 Å². The zero-order chi connectivity index (χ0) is 18.4. The lowest BCUT2D eigenvalue weighted by atomic mass is 9.98. The molecule has 0 saturated heterocycles. The molecule has 1 unspecified atom stereocenters. The predicted octanol–water partition coefficient (Wildman–Crippen LogP) is 3.97. The van der Waals surface area contributed by atoms with Gasteiger partial charge in [-0.15, -0.1) is 0 Å². The number of hydrogen-bond acceptors (Lipinski definition) is 3. The Labute approximate surface area is 161 Å². The highest BCUT2D eigenvalue weighted by Crippen LogP contribution is 2.39. The van der Waals surface area contributed by atoms with Crippen LogP contribution >= 0.6 is 23.2 Å². The fourth-order valence-electron chi connectivity index (χ4n) is 3.79. The van der Waals surface area contributed by atoms with Gasteiger partial charge in [-0.25, -0.2) is 0 Å². The average Bonchev–Trinajstić information content (AvgIpc) is 2.96. The number of benzene rings is 2. The fraction of sp³-hybridized carbons (Fsp3) is 0.250. The van der Waals surface area contributed by atoms with E-state index in [-0.39, 0.29) is 16.7 Å². The van der Waals surface area contributed by atoms with Crippen molar-refractivity contribution in [2.45, 2.75) is 18.9 Å². The smallest absolute Gasteiger partial charge is 0.256 e. The summed E-state index contributed by atoms with van der Waals surface area (Å²) in [5.74, 6) is -0.460. The van der Waals surface area contributed by atoms with Gasteiger partial charge in [0.1, 0.15) is 5.75 Å². The van der Waals surface area contributed by atoms with Crippen LogP contribution in [0.25, 0.3) is 5.57 Å². The van der Waals surface area contributed by atoms with Crippen LogP contribution in [0.3, 0.4) is 0 Å². The first-order valence-corrected chi connectivity index (χ1v) is 9.14. The molecule has 1 aliphatic carbocycles. The van der Waals surface area contributed by atoms with Crippen molar-refractivity contribution >= 4 is 34.7 Å². The Kier molecular flexibility index (Phi) is 4.43. The number of aliphatic hydroxyl groups excluding tert-OH is 1. The highest BCUT2D eigenvalue weighted by Gasteiger charge is 2.32. The minimum absolute atomic E-state index is 0.0777. The normalized spacial score (nSPS) is 17.1. The molecule has 1 aliphatic heterocycles. The summed E-state index contributed by atoms with van der Waals surface area (Å²) in [6.45, 7) is 1.03. The van der Waals surface area contributed by atoms with Gasteiger partial charge in [0.2, 0.25) is 0 Å². The third-order valence-electron chi connectivity index (χ3n) is 5.01. The van der Waals surface area contributed by atoms with Crippen LogP contribution in [0.2, 0.25) is 10.0 Å². The second-order valence-corrected chi connectivity index (χ2v) is 7.59. The molecule has 134 valence electrons. The fourth-order valence-corrected chi connectivity index (χ4v) is 4.20. The van der Waals surface area contributed by atoms with Gasteiger partial charge >= 0.3 is 0 Å². The van der Waals surface area contributed by atoms with Crippen molar-refractivity contribution in [1.82, 2.24) is 4.90 Å². The maximum atomic E-state index is 12.7. The lowest BCUT2D eigenvalue weighted by Crippen LogP contribution is -2.39. The number of amides is 1. The van der Waals surface area contributed by atoms with Crippen LogP contribution in [0.1, 0.15) is 29.2 Å². The second kappa shape index (κ2) is 6.62. The van der Waals surface area contributed by atoms with Gasteiger partial charge in [0.25, 0.3) is 5.91 Å². The quantitative estimate of drug-likeness (QED) is 0.816. The summed E-state index contributed by atoms with van der Waals surface area (Å²) in [7, 11) is 0. The Morgan fingerprint density at radius 2 is 1.92 bits per heavy atom. The van der Waals surface area contributed by atoms with Crippen molar-refractivity contribution in [2.24, 2.45) is 0 Å². The standard InChI is InChI=1S/C20H17Cl2NO3/c21-14-2-1-11-5-13-10-23(4-3-17(13)18(11)9-14)20(26)19(25)12-6-15(22)8-16(24)7-12/h1-2,6-9,19,24-25H,3-5,10H2. The van der Waals surface area contributed by atoms with Crippen molar-refractivity contribution in [3.63, 3.8) is 0 Å². The molecule has 6 heteroatoms. The number of carbonyl (C=O) groups is 1. The summed E-state index contributed by atoms with van der Waals surface area (Å²) in [6.07, 6.45) is 0.196. The maximum Gasteiger partial charge on any atom is 0.256 e. The first kappa shape index (κ1) is 17.4. The van der Waals surface area contributed by atoms with Gasteiger partial charge in [-0.3, -0.25) is 4.79 Å². The SMILES string of the molecule is O=C(C(O)c1cc(O)cc(Cl)c1)N1CCC2=C(Cc3ccc(Cl)cc32)C1. The molecule has 2 N–H and O–H groups in total. The Morgan fingerprint density at radius 3 is 2.69 bits per heavy atom. The van der Waals surface area contributed by atoms with Crippen molar-refractivity contribution in [3.8, 4) is 5.75 Å². The number of fused-ring (bicyclic) bond motifs is 2. The minimum Gasteiger partial charge on any atom is -0.508 e. The number of phenolic OH excluding ortho intramolecular Hbond substituents is 1. The van der Waals surface area contributed by atoms with Gasteiger partial charge in [-0.05, 0) is 71.0 Å². The number of phenols is 1. The van der Waals surface area contributed by atoms with Gasteiger partial charge in [0.05, 0.1) is 0 Å². The molecule has 26 heavy (non-hydrogen) atoms. The van der Waals surface area contributed by atoms with E-state index in [0.717, 1.165) is 12.8 Å². The van der Waals surface area contributed by atoms with Crippen molar-refractivity contribution in [3.05, 3.63) is 68.7 Å². The van der Waals surface area contributed by atoms with Crippen LogP contribution in [-0.4, -0.2) is 34.1 Å². The van der Waals surface area contributed by atoms with Crippen LogP contribution in [0.15, 0.2) is 42.0 Å². The predicted molar refractivity (Wildman–Crippen MR) is 101 cm³/mol. The molecule has 0 saturated carbocycles. The summed E-state index contributed by atoms with van der Waals surface area (Å²) in [6, 6.07) is 10.1. The van der Waals surface area contributed by atoms with Gasteiger partial charge in [0.15, 0.2) is 6.10 Å². The highest BCUT2D eigenvalue weighted by atomic mass is 35.5. The number of rotatable bonds is 2. The molecule has 0 spiro atoms. The zero-order valence-electron chi connectivity index (χ0n) is 13.9. The largest absolute Gasteiger partial charge is 0.508 e. The third kappa shape index (κ3) is 3.09. The van der Waals surface area contributed by atoms with Crippen LogP contribution in [-0.2, 0) is 11.2 Å². The highest BCUT2D eigenvalue weighted by molar-refractivity contribution is 6.31. The molecular weight excluding hydrogens is 373 g/mol. The molecule has 1 atom stereocenters. The summed E-state index contributed by atoms with van der Waals surface area (Å²) in [5, 5.41) is 21.1. The van der Waals surface area contributed by atoms with E-state index in [1.54, 1.807) is 4.90 Å². The molecule has 4 nitrogen and oxygen atoms in total. The molecule has 0 aromatic heterocycles. The van der Waals surface area contributed by atoms with E-state index in [1.807, 2.05) is 18.2 Å². The topological polar surface area (TPSA) is 60.8 Å². The molecule has 2 aliphatic rings. The molecule has 1 amide bonds. The van der Waals surface area contributed by atoms with Crippen LogP contribution in [0, 0.1) is 0 Å². The zero-order valence-corrected chi connectivity index (χ0v) is 15.4. The molecule has 1 heterocycles. The van der Waals surface area contributed by atoms with Gasteiger partial charge in [-0.2, -0.15) is 0 Å². The number of carbonyl (C=O) groups excluding carboxylic acids is 1. The Hall–Kier alpha value is -2.01. The average molecular weight is 390 g/mol. The lowest BCUT2D eigenvalue weighted by Gasteiger charge is -2.30. The van der Waals surface area contributed by atoms with Crippen LogP contribution in [0.5, 0.6) is 5.75 Å². The van der Waals surface area contributed by atoms with E-state index >= 15 is 0 Å². The summed E-state index contributed by atoms with van der Waals surface area (Å²) < 4.78 is 0. The molecule has 0 bridgehead atoms. The Balaban J connectivity index is 1.54. The summed E-state index contributed by atoms with van der Waals surface area (Å²) in [5.41, 5.74) is 5.17.